The minimum atomic E-state index is -0.0678. The van der Waals surface area contributed by atoms with Gasteiger partial charge in [-0.1, -0.05) is 17.3 Å². The molecular formula is C22H20N6O3. The van der Waals surface area contributed by atoms with Gasteiger partial charge < -0.3 is 19.3 Å². The van der Waals surface area contributed by atoms with E-state index in [2.05, 4.69) is 20.4 Å². The fourth-order valence-corrected chi connectivity index (χ4v) is 3.84. The van der Waals surface area contributed by atoms with Crippen molar-refractivity contribution in [1.29, 1.82) is 0 Å². The first-order valence-electron chi connectivity index (χ1n) is 10.0. The van der Waals surface area contributed by atoms with Gasteiger partial charge in [0.25, 0.3) is 5.91 Å². The summed E-state index contributed by atoms with van der Waals surface area (Å²) in [5.41, 5.74) is 1.92. The molecule has 156 valence electrons. The van der Waals surface area contributed by atoms with Crippen LogP contribution in [0, 0.1) is 6.92 Å². The Kier molecular flexibility index (Phi) is 4.70. The normalized spacial score (nSPS) is 13.5. The maximum absolute atomic E-state index is 12.7. The molecule has 1 aromatic carbocycles. The number of benzene rings is 1. The number of fused-ring (bicyclic) bond motifs is 2. The Morgan fingerprint density at radius 2 is 2.13 bits per heavy atom. The quantitative estimate of drug-likeness (QED) is 0.482. The van der Waals surface area contributed by atoms with Crippen LogP contribution in [0.25, 0.3) is 22.2 Å². The van der Waals surface area contributed by atoms with Crippen LogP contribution in [-0.4, -0.2) is 56.4 Å². The van der Waals surface area contributed by atoms with Gasteiger partial charge in [-0.3, -0.25) is 9.59 Å². The molecule has 4 heterocycles. The van der Waals surface area contributed by atoms with E-state index in [1.807, 2.05) is 28.8 Å². The third-order valence-corrected chi connectivity index (χ3v) is 5.40. The Labute approximate surface area is 177 Å². The monoisotopic (exact) mass is 416 g/mol. The average molecular weight is 416 g/mol. The Morgan fingerprint density at radius 1 is 1.23 bits per heavy atom. The van der Waals surface area contributed by atoms with Crippen LogP contribution < -0.4 is 5.32 Å². The Hall–Kier alpha value is -4.01. The molecule has 9 heteroatoms. The van der Waals surface area contributed by atoms with Gasteiger partial charge in [0.15, 0.2) is 6.29 Å². The van der Waals surface area contributed by atoms with E-state index in [0.717, 1.165) is 28.4 Å². The standard InChI is InChI=1S/C22H20N6O3/c1-14-25-20(26-31-14)17-3-2-16-4-5-23-21(18(16)11-17)24-6-7-27-8-9-28-12-15(13-29)10-19(28)22(27)30/h2-5,10-13H,6-9H2,1H3,(H,23,24). The predicted octanol–water partition coefficient (Wildman–Crippen LogP) is 2.78. The van der Waals surface area contributed by atoms with Crippen molar-refractivity contribution in [2.75, 3.05) is 25.0 Å². The smallest absolute Gasteiger partial charge is 0.270 e. The summed E-state index contributed by atoms with van der Waals surface area (Å²) in [6.07, 6.45) is 4.24. The number of aryl methyl sites for hydroxylation is 1. The molecule has 0 spiro atoms. The first-order chi connectivity index (χ1) is 15.1. The molecule has 0 fully saturated rings. The van der Waals surface area contributed by atoms with Crippen LogP contribution in [0.3, 0.4) is 0 Å². The lowest BCUT2D eigenvalue weighted by atomic mass is 10.1. The first kappa shape index (κ1) is 19.0. The van der Waals surface area contributed by atoms with Crippen molar-refractivity contribution in [2.24, 2.45) is 0 Å². The molecule has 1 amide bonds. The number of anilines is 1. The topological polar surface area (TPSA) is 106 Å². The molecule has 4 aromatic rings. The lowest BCUT2D eigenvalue weighted by Gasteiger charge is -2.28. The molecular weight excluding hydrogens is 396 g/mol. The van der Waals surface area contributed by atoms with Crippen LogP contribution in [0.2, 0.25) is 0 Å². The third-order valence-electron chi connectivity index (χ3n) is 5.40. The second kappa shape index (κ2) is 7.67. The number of aldehydes is 1. The number of nitrogens with one attached hydrogen (secondary N) is 1. The van der Waals surface area contributed by atoms with Crippen LogP contribution in [0.1, 0.15) is 26.7 Å². The highest BCUT2D eigenvalue weighted by molar-refractivity contribution is 5.96. The Morgan fingerprint density at radius 3 is 2.94 bits per heavy atom. The van der Waals surface area contributed by atoms with Crippen molar-refractivity contribution in [3.63, 3.8) is 0 Å². The van der Waals surface area contributed by atoms with Gasteiger partial charge in [0.2, 0.25) is 11.7 Å². The SMILES string of the molecule is Cc1nc(-c2ccc3ccnc(NCCN4CCn5cc(C=O)cc5C4=O)c3c2)no1. The molecule has 3 aromatic heterocycles. The van der Waals surface area contributed by atoms with Gasteiger partial charge >= 0.3 is 0 Å². The van der Waals surface area contributed by atoms with Gasteiger partial charge in [0, 0.05) is 62.0 Å². The first-order valence-corrected chi connectivity index (χ1v) is 10.0. The largest absolute Gasteiger partial charge is 0.368 e. The van der Waals surface area contributed by atoms with E-state index in [0.29, 0.717) is 49.2 Å². The van der Waals surface area contributed by atoms with Gasteiger partial charge in [-0.2, -0.15) is 4.98 Å². The predicted molar refractivity (Wildman–Crippen MR) is 114 cm³/mol. The zero-order valence-electron chi connectivity index (χ0n) is 16.9. The van der Waals surface area contributed by atoms with Gasteiger partial charge in [0.05, 0.1) is 0 Å². The van der Waals surface area contributed by atoms with E-state index in [-0.39, 0.29) is 5.91 Å². The molecule has 1 aliphatic rings. The van der Waals surface area contributed by atoms with Gasteiger partial charge in [-0.05, 0) is 23.6 Å². The second-order valence-corrected chi connectivity index (χ2v) is 7.42. The molecule has 0 radical (unpaired) electrons. The average Bonchev–Trinajstić information content (AvgIpc) is 3.41. The summed E-state index contributed by atoms with van der Waals surface area (Å²) in [6.45, 7) is 4.11. The summed E-state index contributed by atoms with van der Waals surface area (Å²) in [7, 11) is 0. The number of amides is 1. The molecule has 0 unspecified atom stereocenters. The van der Waals surface area contributed by atoms with Crippen LogP contribution >= 0.6 is 0 Å². The van der Waals surface area contributed by atoms with E-state index >= 15 is 0 Å². The van der Waals surface area contributed by atoms with Crippen LogP contribution in [0.15, 0.2) is 47.2 Å². The highest BCUT2D eigenvalue weighted by Gasteiger charge is 2.24. The number of carbonyl (C=O) groups is 2. The van der Waals surface area contributed by atoms with E-state index in [1.165, 1.54) is 0 Å². The molecule has 0 atom stereocenters. The van der Waals surface area contributed by atoms with Crippen molar-refractivity contribution < 1.29 is 14.1 Å². The van der Waals surface area contributed by atoms with Gasteiger partial charge in [0.1, 0.15) is 11.5 Å². The molecule has 1 N–H and O–H groups in total. The summed E-state index contributed by atoms with van der Waals surface area (Å²) in [5, 5.41) is 9.31. The summed E-state index contributed by atoms with van der Waals surface area (Å²) < 4.78 is 6.92. The fourth-order valence-electron chi connectivity index (χ4n) is 3.84. The van der Waals surface area contributed by atoms with Crippen LogP contribution in [-0.2, 0) is 6.54 Å². The summed E-state index contributed by atoms with van der Waals surface area (Å²) in [5.74, 6) is 1.71. The molecule has 0 bridgehead atoms. The van der Waals surface area contributed by atoms with E-state index in [4.69, 9.17) is 4.52 Å². The molecule has 0 aliphatic carbocycles. The number of carbonyl (C=O) groups excluding carboxylic acids is 2. The van der Waals surface area contributed by atoms with Crippen molar-refractivity contribution >= 4 is 28.8 Å². The fraction of sp³-hybridized carbons (Fsp3) is 0.227. The third kappa shape index (κ3) is 3.54. The van der Waals surface area contributed by atoms with Crippen molar-refractivity contribution in [1.82, 2.24) is 24.6 Å². The lowest BCUT2D eigenvalue weighted by Crippen LogP contribution is -2.42. The molecule has 9 nitrogen and oxygen atoms in total. The Balaban J connectivity index is 1.32. The molecule has 0 saturated carbocycles. The molecule has 1 aliphatic heterocycles. The minimum Gasteiger partial charge on any atom is -0.368 e. The van der Waals surface area contributed by atoms with Gasteiger partial charge in [-0.15, -0.1) is 0 Å². The zero-order chi connectivity index (χ0) is 21.4. The van der Waals surface area contributed by atoms with Crippen molar-refractivity contribution in [2.45, 2.75) is 13.5 Å². The van der Waals surface area contributed by atoms with E-state index in [1.54, 1.807) is 30.3 Å². The summed E-state index contributed by atoms with van der Waals surface area (Å²) in [6, 6.07) is 9.51. The molecule has 0 saturated heterocycles. The van der Waals surface area contributed by atoms with E-state index in [9.17, 15) is 9.59 Å². The number of hydrogen-bond donors (Lipinski definition) is 1. The highest BCUT2D eigenvalue weighted by atomic mass is 16.5. The zero-order valence-corrected chi connectivity index (χ0v) is 16.9. The number of rotatable bonds is 6. The molecule has 5 rings (SSSR count). The Bertz CT molecular complexity index is 1290. The van der Waals surface area contributed by atoms with Crippen LogP contribution in [0.4, 0.5) is 5.82 Å². The summed E-state index contributed by atoms with van der Waals surface area (Å²) >= 11 is 0. The van der Waals surface area contributed by atoms with E-state index < -0.39 is 0 Å². The number of aromatic nitrogens is 4. The lowest BCUT2D eigenvalue weighted by molar-refractivity contribution is 0.0712. The highest BCUT2D eigenvalue weighted by Crippen LogP contribution is 2.26. The maximum atomic E-state index is 12.7. The number of hydrogen-bond acceptors (Lipinski definition) is 7. The van der Waals surface area contributed by atoms with Crippen molar-refractivity contribution in [3.8, 4) is 11.4 Å². The van der Waals surface area contributed by atoms with Gasteiger partial charge in [-0.25, -0.2) is 4.98 Å². The number of pyridine rings is 1. The summed E-state index contributed by atoms with van der Waals surface area (Å²) in [4.78, 5) is 34.3. The maximum Gasteiger partial charge on any atom is 0.270 e. The van der Waals surface area contributed by atoms with Crippen molar-refractivity contribution in [3.05, 3.63) is 59.9 Å². The minimum absolute atomic E-state index is 0.0678. The molecule has 31 heavy (non-hydrogen) atoms. The second-order valence-electron chi connectivity index (χ2n) is 7.42. The van der Waals surface area contributed by atoms with Crippen LogP contribution in [0.5, 0.6) is 0 Å². The number of nitrogens with zero attached hydrogens (tertiary/aromatic N) is 5.